The number of aromatic nitrogens is 6. The molecule has 0 spiro atoms. The molecule has 0 saturated heterocycles. The molecule has 1 unspecified atom stereocenters. The van der Waals surface area contributed by atoms with Gasteiger partial charge in [0.2, 0.25) is 34.4 Å². The van der Waals surface area contributed by atoms with E-state index in [4.69, 9.17) is 50.4 Å². The van der Waals surface area contributed by atoms with Crippen molar-refractivity contribution in [2.75, 3.05) is 64.1 Å². The van der Waals surface area contributed by atoms with Crippen molar-refractivity contribution < 1.29 is 92.8 Å². The van der Waals surface area contributed by atoms with E-state index in [9.17, 15) is 57.2 Å². The van der Waals surface area contributed by atoms with Gasteiger partial charge in [0.1, 0.15) is 27.8 Å². The molecule has 1 atom stereocenters. The van der Waals surface area contributed by atoms with E-state index in [-0.39, 0.29) is 102 Å². The number of halogens is 2. The van der Waals surface area contributed by atoms with Crippen molar-refractivity contribution in [1.29, 1.82) is 0 Å². The Morgan fingerprint density at radius 2 is 1.09 bits per heavy atom. The number of phenols is 2. The summed E-state index contributed by atoms with van der Waals surface area (Å²) in [7, 11) is -15.2. The summed E-state index contributed by atoms with van der Waals surface area (Å²) in [6, 6.07) is 35.0. The first-order valence-corrected chi connectivity index (χ1v) is 40.8. The van der Waals surface area contributed by atoms with E-state index in [0.29, 0.717) is 70.5 Å². The third-order valence-electron chi connectivity index (χ3n) is 13.8. The number of benzene rings is 8. The number of fused-ring (bicyclic) bond motifs is 2. The summed E-state index contributed by atoms with van der Waals surface area (Å²) in [5, 5.41) is 52.2. The van der Waals surface area contributed by atoms with Crippen molar-refractivity contribution in [2.45, 2.75) is 29.6 Å². The molecule has 0 radical (unpaired) electrons. The molecule has 0 fully saturated rings. The average molecular weight is 1630 g/mol. The highest BCUT2D eigenvalue weighted by molar-refractivity contribution is 8.76. The molecule has 10 rings (SSSR count). The Labute approximate surface area is 622 Å². The minimum Gasteiger partial charge on any atom is -0.505 e. The van der Waals surface area contributed by atoms with E-state index in [2.05, 4.69) is 80.0 Å². The van der Waals surface area contributed by atoms with Gasteiger partial charge in [-0.15, -0.1) is 14.6 Å². The second kappa shape index (κ2) is 35.4. The molecule has 35 nitrogen and oxygen atoms in total. The van der Waals surface area contributed by atoms with Crippen molar-refractivity contribution >= 4 is 200 Å². The van der Waals surface area contributed by atoms with Gasteiger partial charge in [0.05, 0.1) is 53.2 Å². The van der Waals surface area contributed by atoms with Crippen molar-refractivity contribution in [2.24, 2.45) is 20.5 Å². The summed E-state index contributed by atoms with van der Waals surface area (Å²) in [5.41, 5.74) is 2.50. The minimum atomic E-state index is -4.96. The molecule has 2 heterocycles. The van der Waals surface area contributed by atoms with Crippen LogP contribution in [0.15, 0.2) is 170 Å². The zero-order valence-corrected chi connectivity index (χ0v) is 61.5. The van der Waals surface area contributed by atoms with Crippen molar-refractivity contribution in [1.82, 2.24) is 29.9 Å². The van der Waals surface area contributed by atoms with Crippen molar-refractivity contribution in [3.8, 4) is 28.7 Å². The molecule has 552 valence electrons. The van der Waals surface area contributed by atoms with Crippen LogP contribution in [0.25, 0.3) is 21.5 Å². The maximum absolute atomic E-state index is 12.7. The van der Waals surface area contributed by atoms with Crippen LogP contribution in [0.2, 0.25) is 10.6 Å². The number of hydrogen-bond acceptors (Lipinski definition) is 34. The number of sulfone groups is 1. The predicted octanol–water partition coefficient (Wildman–Crippen LogP) is 13.7. The van der Waals surface area contributed by atoms with Gasteiger partial charge >= 0.3 is 32.2 Å². The van der Waals surface area contributed by atoms with Crippen LogP contribution in [0, 0.1) is 6.92 Å². The highest BCUT2D eigenvalue weighted by Crippen LogP contribution is 2.47. The summed E-state index contributed by atoms with van der Waals surface area (Å²) in [6.45, 7) is 0.987. The zero-order valence-electron chi connectivity index (χ0n) is 53.4. The fourth-order valence-electron chi connectivity index (χ4n) is 9.37. The molecule has 45 heteroatoms. The number of rotatable bonds is 36. The Bertz CT molecular complexity index is 5390. The van der Waals surface area contributed by atoms with Crippen LogP contribution in [0.1, 0.15) is 17.5 Å². The number of hydrogen-bond donors (Lipinski definition) is 10. The van der Waals surface area contributed by atoms with E-state index in [1.807, 2.05) is 0 Å². The molecule has 10 N–H and O–H groups in total. The number of azo groups is 2. The highest BCUT2D eigenvalue weighted by atomic mass is 35.5. The number of aryl methyl sites for hydroxylation is 2. The van der Waals surface area contributed by atoms with Crippen LogP contribution >= 0.6 is 56.8 Å². The largest absolute Gasteiger partial charge is 0.505 e. The van der Waals surface area contributed by atoms with Gasteiger partial charge in [0.15, 0.2) is 27.1 Å². The first kappa shape index (κ1) is 78.6. The van der Waals surface area contributed by atoms with Gasteiger partial charge in [0, 0.05) is 57.5 Å². The average Bonchev–Trinajstić information content (AvgIpc) is 0.766. The fraction of sp³-hybridized carbons (Fsp3) is 0.167. The zero-order chi connectivity index (χ0) is 75.1. The Morgan fingerprint density at radius 3 is 1.69 bits per heavy atom. The van der Waals surface area contributed by atoms with Crippen LogP contribution in [0.4, 0.5) is 69.3 Å². The van der Waals surface area contributed by atoms with Gasteiger partial charge in [-0.3, -0.25) is 18.2 Å². The van der Waals surface area contributed by atoms with Crippen LogP contribution in [-0.4, -0.2) is 139 Å². The summed E-state index contributed by atoms with van der Waals surface area (Å²) < 4.78 is 168. The van der Waals surface area contributed by atoms with Gasteiger partial charge in [-0.2, -0.15) is 69.6 Å². The molecular formula is C60H54Cl2N14O21S8. The van der Waals surface area contributed by atoms with Gasteiger partial charge in [-0.25, -0.2) is 16.8 Å². The lowest BCUT2D eigenvalue weighted by Crippen LogP contribution is -2.15. The van der Waals surface area contributed by atoms with Crippen LogP contribution in [0.5, 0.6) is 28.7 Å². The number of phenolic OH excluding ortho intramolecular Hbond substituents is 2. The molecule has 0 aliphatic carbocycles. The second-order valence-corrected chi connectivity index (χ2v) is 31.7. The Morgan fingerprint density at radius 1 is 0.543 bits per heavy atom. The normalized spacial score (nSPS) is 12.4. The van der Waals surface area contributed by atoms with E-state index in [1.54, 1.807) is 120 Å². The smallest absolute Gasteiger partial charge is 0.397 e. The van der Waals surface area contributed by atoms with Crippen LogP contribution < -0.4 is 35.1 Å². The molecular weight excluding hydrogens is 1580 g/mol. The van der Waals surface area contributed by atoms with Crippen molar-refractivity contribution in [3.05, 3.63) is 161 Å². The first-order chi connectivity index (χ1) is 50.0. The predicted molar refractivity (Wildman–Crippen MR) is 394 cm³/mol. The van der Waals surface area contributed by atoms with E-state index in [0.717, 1.165) is 23.7 Å². The number of anilines is 8. The Hall–Kier alpha value is -9.00. The maximum Gasteiger partial charge on any atom is 0.397 e. The Kier molecular flexibility index (Phi) is 26.5. The van der Waals surface area contributed by atoms with Crippen molar-refractivity contribution in [3.63, 3.8) is 0 Å². The fourth-order valence-corrected chi connectivity index (χ4v) is 15.1. The third kappa shape index (κ3) is 23.2. The SMILES string of the molecule is Cc1cc2cc(OS(=O)O)cc(Nc3nc(Cl)nc(Nc4ccc(S(=O)(=O)CCOS(=O)(=O)O)cc4)n3)c2c(O)c1N=Nc1ccc(OOSCCSSCCOc2ccc(N=Nc3c(S(=O)(=O)O)cc4cccc(Nc5nc(Cl)nc(Nc6ccc(CCCOS(=O)(=O)O)cc6)n5)c4c3O)cc2)cc1. The number of nitrogens with one attached hydrogen (secondary N) is 4. The molecule has 8 aromatic carbocycles. The first-order valence-electron chi connectivity index (χ1n) is 29.8. The number of aromatic hydroxyl groups is 2. The summed E-state index contributed by atoms with van der Waals surface area (Å²) >= 11 is 10.9. The quantitative estimate of drug-likeness (QED) is 0.00255. The summed E-state index contributed by atoms with van der Waals surface area (Å²) in [6.07, 6.45) is 0.785. The maximum atomic E-state index is 12.7. The number of ether oxygens (including phenoxy) is 1. The number of nitrogens with zero attached hydrogens (tertiary/aromatic N) is 10. The Balaban J connectivity index is 0.673. The van der Waals surface area contributed by atoms with E-state index in [1.165, 1.54) is 42.5 Å². The van der Waals surface area contributed by atoms with Gasteiger partial charge < -0.3 is 45.3 Å². The second-order valence-electron chi connectivity index (χ2n) is 21.2. The molecule has 0 saturated carbocycles. The highest BCUT2D eigenvalue weighted by Gasteiger charge is 2.25. The standard InChI is InChI=1S/C60H54Cl2N14O21S8/c1-34-30-37-31-44(96-101(79)80)33-47(66-60-70-56(62)68-58(72-60)64-39-15-21-45(22-16-39)102(81,82)29-25-94-105(89,90)91)50(37)53(77)51(34)75-73-41-13-19-43(20-14-41)95-97-98-27-28-100-99-26-24-92-42-17-11-40(12-18-42)74-76-52-48(103(83,84)85)32-36-5-2-6-46(49(36)54(52)78)65-59-69-55(61)67-57(71-59)63-38-9-7-35(8-10-38)4-3-23-93-104(86,87)88/h2,5-22,30-33,77-78H,3-4,23-29H2,1H3,(H,79,80)(H,83,84,85)(H,86,87,88)(H,89,90,91)(H2,63,65,67,69,71)(H2,64,66,68,70,72). The van der Waals surface area contributed by atoms with Crippen LogP contribution in [-0.2, 0) is 71.2 Å². The molecule has 0 aliphatic rings. The summed E-state index contributed by atoms with van der Waals surface area (Å²) in [4.78, 5) is 29.7. The lowest BCUT2D eigenvalue weighted by atomic mass is 10.0. The lowest BCUT2D eigenvalue weighted by Gasteiger charge is -2.15. The van der Waals surface area contributed by atoms with E-state index < -0.39 is 80.8 Å². The monoisotopic (exact) mass is 1630 g/mol. The molecule has 0 bridgehead atoms. The molecule has 0 amide bonds. The van der Waals surface area contributed by atoms with Gasteiger partial charge in [-0.1, -0.05) is 45.9 Å². The van der Waals surface area contributed by atoms with E-state index >= 15 is 0 Å². The lowest BCUT2D eigenvalue weighted by molar-refractivity contribution is -0.0775. The molecule has 10 aromatic rings. The summed E-state index contributed by atoms with van der Waals surface area (Å²) in [5.74, 6) is 0.492. The third-order valence-corrected chi connectivity index (χ3v) is 21.2. The van der Waals surface area contributed by atoms with Gasteiger partial charge in [-0.05, 0) is 174 Å². The topological polar surface area (TPSA) is 505 Å². The van der Waals surface area contributed by atoms with Crippen LogP contribution in [0.3, 0.4) is 0 Å². The molecule has 0 aliphatic heterocycles. The molecule has 105 heavy (non-hydrogen) atoms. The molecule has 2 aromatic heterocycles. The van der Waals surface area contributed by atoms with Gasteiger partial charge in [0.25, 0.3) is 10.1 Å². The minimum absolute atomic E-state index is 0.0284.